The summed E-state index contributed by atoms with van der Waals surface area (Å²) in [5, 5.41) is 9.13. The third kappa shape index (κ3) is 2.89. The Bertz CT molecular complexity index is 540. The van der Waals surface area contributed by atoms with Gasteiger partial charge in [0, 0.05) is 22.8 Å². The number of nitrogens with zero attached hydrogens (tertiary/aromatic N) is 1. The summed E-state index contributed by atoms with van der Waals surface area (Å²) in [5.74, 6) is 0.539. The van der Waals surface area contributed by atoms with Crippen LogP contribution in [0.2, 0.25) is 0 Å². The van der Waals surface area contributed by atoms with Gasteiger partial charge in [-0.1, -0.05) is 15.9 Å². The second kappa shape index (κ2) is 5.68. The van der Waals surface area contributed by atoms with Gasteiger partial charge in [-0.2, -0.15) is 5.10 Å². The first-order valence-electron chi connectivity index (χ1n) is 5.30. The minimum absolute atomic E-state index is 0.200. The average molecular weight is 310 g/mol. The van der Waals surface area contributed by atoms with Crippen LogP contribution in [0, 0.1) is 0 Å². The third-order valence-electron chi connectivity index (χ3n) is 2.43. The number of methoxy groups -OCH3 is 1. The number of carbonyl (C=O) groups excluding carboxylic acids is 1. The Morgan fingerprint density at radius 1 is 1.50 bits per heavy atom. The lowest BCUT2D eigenvalue weighted by Gasteiger charge is -2.09. The summed E-state index contributed by atoms with van der Waals surface area (Å²) >= 11 is 3.39. The van der Waals surface area contributed by atoms with Crippen molar-refractivity contribution < 1.29 is 9.53 Å². The van der Waals surface area contributed by atoms with Crippen LogP contribution in [0.15, 0.2) is 34.9 Å². The van der Waals surface area contributed by atoms with E-state index in [0.717, 1.165) is 15.8 Å². The molecule has 1 aromatic heterocycles. The molecule has 0 aliphatic heterocycles. The summed E-state index contributed by atoms with van der Waals surface area (Å²) in [5.41, 5.74) is 1.34. The van der Waals surface area contributed by atoms with Crippen LogP contribution in [0.5, 0.6) is 5.75 Å². The maximum atomic E-state index is 11.7. The maximum absolute atomic E-state index is 11.7. The predicted molar refractivity (Wildman–Crippen MR) is 70.5 cm³/mol. The molecular weight excluding hydrogens is 298 g/mol. The van der Waals surface area contributed by atoms with Crippen molar-refractivity contribution >= 4 is 21.8 Å². The Morgan fingerprint density at radius 3 is 3.00 bits per heavy atom. The van der Waals surface area contributed by atoms with Crippen LogP contribution in [0.1, 0.15) is 16.1 Å². The molecule has 2 aromatic rings. The molecule has 0 spiro atoms. The van der Waals surface area contributed by atoms with E-state index >= 15 is 0 Å². The molecule has 0 atom stereocenters. The van der Waals surface area contributed by atoms with Crippen LogP contribution >= 0.6 is 15.9 Å². The topological polar surface area (TPSA) is 67.0 Å². The highest BCUT2D eigenvalue weighted by molar-refractivity contribution is 9.10. The quantitative estimate of drug-likeness (QED) is 0.909. The van der Waals surface area contributed by atoms with Gasteiger partial charge in [-0.25, -0.2) is 0 Å². The summed E-state index contributed by atoms with van der Waals surface area (Å²) in [6, 6.07) is 7.26. The summed E-state index contributed by atoms with van der Waals surface area (Å²) in [6.45, 7) is 0.389. The fourth-order valence-corrected chi connectivity index (χ4v) is 1.95. The number of amides is 1. The molecule has 0 aliphatic rings. The van der Waals surface area contributed by atoms with Crippen molar-refractivity contribution in [3.63, 3.8) is 0 Å². The van der Waals surface area contributed by atoms with E-state index < -0.39 is 0 Å². The molecule has 0 fully saturated rings. The van der Waals surface area contributed by atoms with E-state index in [0.29, 0.717) is 12.2 Å². The van der Waals surface area contributed by atoms with Crippen LogP contribution < -0.4 is 10.1 Å². The number of hydrogen-bond acceptors (Lipinski definition) is 3. The minimum atomic E-state index is -0.200. The van der Waals surface area contributed by atoms with Gasteiger partial charge < -0.3 is 10.1 Å². The molecule has 6 heteroatoms. The molecule has 1 heterocycles. The van der Waals surface area contributed by atoms with E-state index in [4.69, 9.17) is 4.74 Å². The second-order valence-electron chi connectivity index (χ2n) is 3.61. The van der Waals surface area contributed by atoms with Gasteiger partial charge in [0.1, 0.15) is 11.4 Å². The minimum Gasteiger partial charge on any atom is -0.496 e. The maximum Gasteiger partial charge on any atom is 0.269 e. The first-order valence-corrected chi connectivity index (χ1v) is 6.10. The van der Waals surface area contributed by atoms with Crippen molar-refractivity contribution in [1.29, 1.82) is 0 Å². The number of benzene rings is 1. The van der Waals surface area contributed by atoms with Crippen LogP contribution in [0.4, 0.5) is 0 Å². The van der Waals surface area contributed by atoms with Gasteiger partial charge in [0.15, 0.2) is 0 Å². The normalized spacial score (nSPS) is 10.1. The van der Waals surface area contributed by atoms with Gasteiger partial charge in [0.2, 0.25) is 0 Å². The zero-order valence-electron chi connectivity index (χ0n) is 9.74. The summed E-state index contributed by atoms with van der Waals surface area (Å²) in [6.07, 6.45) is 1.54. The van der Waals surface area contributed by atoms with Crippen LogP contribution in [0.3, 0.4) is 0 Å². The zero-order chi connectivity index (χ0) is 13.0. The summed E-state index contributed by atoms with van der Waals surface area (Å²) < 4.78 is 6.17. The molecule has 0 aliphatic carbocycles. The van der Waals surface area contributed by atoms with Crippen LogP contribution in [-0.4, -0.2) is 23.2 Å². The number of halogens is 1. The Morgan fingerprint density at radius 2 is 2.33 bits per heavy atom. The molecule has 18 heavy (non-hydrogen) atoms. The third-order valence-corrected chi connectivity index (χ3v) is 2.92. The monoisotopic (exact) mass is 309 g/mol. The predicted octanol–water partition coefficient (Wildman–Crippen LogP) is 2.11. The first kappa shape index (κ1) is 12.6. The number of hydrogen-bond donors (Lipinski definition) is 2. The SMILES string of the molecule is COc1ccc(Br)cc1CNC(=O)c1ccn[nH]1. The molecule has 2 rings (SSSR count). The van der Waals surface area contributed by atoms with Crippen molar-refractivity contribution in [1.82, 2.24) is 15.5 Å². The van der Waals surface area contributed by atoms with Gasteiger partial charge in [-0.15, -0.1) is 0 Å². The van der Waals surface area contributed by atoms with E-state index in [-0.39, 0.29) is 5.91 Å². The van der Waals surface area contributed by atoms with Crippen LogP contribution in [-0.2, 0) is 6.54 Å². The highest BCUT2D eigenvalue weighted by atomic mass is 79.9. The molecule has 0 radical (unpaired) electrons. The Balaban J connectivity index is 2.06. The summed E-state index contributed by atoms with van der Waals surface area (Å²) in [7, 11) is 1.60. The molecule has 0 unspecified atom stereocenters. The van der Waals surface area contributed by atoms with Crippen molar-refractivity contribution in [2.45, 2.75) is 6.54 Å². The lowest BCUT2D eigenvalue weighted by Crippen LogP contribution is -2.23. The number of aromatic amines is 1. The first-order chi connectivity index (χ1) is 8.70. The lowest BCUT2D eigenvalue weighted by molar-refractivity contribution is 0.0945. The van der Waals surface area contributed by atoms with E-state index in [1.165, 1.54) is 6.20 Å². The number of rotatable bonds is 4. The van der Waals surface area contributed by atoms with Crippen molar-refractivity contribution in [2.24, 2.45) is 0 Å². The number of nitrogens with one attached hydrogen (secondary N) is 2. The van der Waals surface area contributed by atoms with Crippen molar-refractivity contribution in [3.05, 3.63) is 46.2 Å². The molecule has 94 valence electrons. The van der Waals surface area contributed by atoms with Gasteiger partial charge >= 0.3 is 0 Å². The molecule has 0 bridgehead atoms. The molecule has 5 nitrogen and oxygen atoms in total. The molecular formula is C12H12BrN3O2. The number of aromatic nitrogens is 2. The summed E-state index contributed by atoms with van der Waals surface area (Å²) in [4.78, 5) is 11.7. The number of H-pyrrole nitrogens is 1. The average Bonchev–Trinajstić information content (AvgIpc) is 2.90. The Labute approximate surface area is 113 Å². The lowest BCUT2D eigenvalue weighted by atomic mass is 10.2. The highest BCUT2D eigenvalue weighted by Gasteiger charge is 2.08. The van der Waals surface area contributed by atoms with Crippen LogP contribution in [0.25, 0.3) is 0 Å². The number of carbonyl (C=O) groups is 1. The largest absolute Gasteiger partial charge is 0.496 e. The van der Waals surface area contributed by atoms with Gasteiger partial charge in [0.05, 0.1) is 7.11 Å². The fraction of sp³-hybridized carbons (Fsp3) is 0.167. The van der Waals surface area contributed by atoms with E-state index in [1.807, 2.05) is 18.2 Å². The van der Waals surface area contributed by atoms with Gasteiger partial charge in [0.25, 0.3) is 5.91 Å². The Hall–Kier alpha value is -1.82. The molecule has 1 amide bonds. The van der Waals surface area contributed by atoms with E-state index in [2.05, 4.69) is 31.4 Å². The fourth-order valence-electron chi connectivity index (χ4n) is 1.54. The molecule has 1 aromatic carbocycles. The van der Waals surface area contributed by atoms with E-state index in [9.17, 15) is 4.79 Å². The smallest absolute Gasteiger partial charge is 0.269 e. The van der Waals surface area contributed by atoms with Gasteiger partial charge in [-0.3, -0.25) is 9.89 Å². The molecule has 2 N–H and O–H groups in total. The standard InChI is InChI=1S/C12H12BrN3O2/c1-18-11-3-2-9(13)6-8(11)7-14-12(17)10-4-5-15-16-10/h2-6H,7H2,1H3,(H,14,17)(H,15,16). The number of ether oxygens (including phenoxy) is 1. The Kier molecular flexibility index (Phi) is 3.99. The molecule has 0 saturated carbocycles. The molecule has 0 saturated heterocycles. The van der Waals surface area contributed by atoms with E-state index in [1.54, 1.807) is 13.2 Å². The highest BCUT2D eigenvalue weighted by Crippen LogP contribution is 2.22. The van der Waals surface area contributed by atoms with Crippen molar-refractivity contribution in [2.75, 3.05) is 7.11 Å². The van der Waals surface area contributed by atoms with Crippen molar-refractivity contribution in [3.8, 4) is 5.75 Å². The van der Waals surface area contributed by atoms with Gasteiger partial charge in [-0.05, 0) is 24.3 Å². The second-order valence-corrected chi connectivity index (χ2v) is 4.52. The zero-order valence-corrected chi connectivity index (χ0v) is 11.3.